The van der Waals surface area contributed by atoms with Gasteiger partial charge in [-0.25, -0.2) is 14.1 Å². The molecule has 5 amide bonds. The van der Waals surface area contributed by atoms with Crippen LogP contribution in [0.25, 0.3) is 0 Å². The Labute approximate surface area is 161 Å². The van der Waals surface area contributed by atoms with E-state index in [0.29, 0.717) is 22.4 Å². The summed E-state index contributed by atoms with van der Waals surface area (Å²) in [5, 5.41) is 2.49. The van der Waals surface area contributed by atoms with E-state index in [1.165, 1.54) is 30.7 Å². The minimum Gasteiger partial charge on any atom is -0.325 e. The summed E-state index contributed by atoms with van der Waals surface area (Å²) < 4.78 is 12.9. The number of benzene rings is 1. The predicted molar refractivity (Wildman–Crippen MR) is 97.4 cm³/mol. The summed E-state index contributed by atoms with van der Waals surface area (Å²) in [7, 11) is 0. The van der Waals surface area contributed by atoms with E-state index < -0.39 is 36.1 Å². The molecule has 148 valence electrons. The van der Waals surface area contributed by atoms with Crippen molar-refractivity contribution < 1.29 is 23.6 Å². The van der Waals surface area contributed by atoms with Gasteiger partial charge in [0.2, 0.25) is 5.91 Å². The lowest BCUT2D eigenvalue weighted by molar-refractivity contribution is -0.144. The molecule has 3 fully saturated rings. The van der Waals surface area contributed by atoms with Gasteiger partial charge in [0.25, 0.3) is 0 Å². The van der Waals surface area contributed by atoms with Gasteiger partial charge >= 0.3 is 17.8 Å². The number of fused-ring (bicyclic) bond motifs is 2. The summed E-state index contributed by atoms with van der Waals surface area (Å²) in [6.07, 6.45) is 4.41. The maximum Gasteiger partial charge on any atom is 0.334 e. The highest BCUT2D eigenvalue weighted by Crippen LogP contribution is 2.50. The third-order valence-electron chi connectivity index (χ3n) is 6.33. The van der Waals surface area contributed by atoms with Crippen LogP contribution in [0.15, 0.2) is 24.3 Å². The molecule has 8 heteroatoms. The second kappa shape index (κ2) is 7.00. The van der Waals surface area contributed by atoms with Gasteiger partial charge in [-0.2, -0.15) is 0 Å². The molecule has 1 aromatic rings. The number of nitrogens with one attached hydrogen (secondary N) is 1. The molecular formula is C20H22FN3O4. The average molecular weight is 387 g/mol. The third kappa shape index (κ3) is 3.16. The highest BCUT2D eigenvalue weighted by atomic mass is 19.1. The van der Waals surface area contributed by atoms with Crippen LogP contribution in [0.1, 0.15) is 32.6 Å². The highest BCUT2D eigenvalue weighted by molar-refractivity contribution is 6.45. The molecular weight excluding hydrogens is 365 g/mol. The normalized spacial score (nSPS) is 27.6. The number of carbonyl (C=O) groups is 4. The molecule has 0 radical (unpaired) electrons. The van der Waals surface area contributed by atoms with E-state index in [0.717, 1.165) is 24.2 Å². The Morgan fingerprint density at radius 3 is 2.46 bits per heavy atom. The van der Waals surface area contributed by atoms with Crippen molar-refractivity contribution >= 4 is 29.4 Å². The van der Waals surface area contributed by atoms with Gasteiger partial charge in [0.05, 0.1) is 0 Å². The molecule has 3 aliphatic rings. The first-order valence-electron chi connectivity index (χ1n) is 9.59. The van der Waals surface area contributed by atoms with Crippen molar-refractivity contribution in [2.24, 2.45) is 17.8 Å². The standard InChI is InChI=1S/C20H22FN3O4/c1-11(16-9-12-2-3-13(16)8-12)24-19(27)18(26)23(20(24)28)10-17(25)22-15-6-4-14(21)5-7-15/h4-7,11-13,16H,2-3,8-10H2,1H3,(H,22,25)/t11-,12+,13+,16-/m0/s1. The molecule has 1 aliphatic heterocycles. The molecule has 4 atom stereocenters. The lowest BCUT2D eigenvalue weighted by Crippen LogP contribution is -2.45. The summed E-state index contributed by atoms with van der Waals surface area (Å²) in [6.45, 7) is 1.26. The number of urea groups is 1. The van der Waals surface area contributed by atoms with Crippen LogP contribution < -0.4 is 5.32 Å². The Morgan fingerprint density at radius 1 is 1.14 bits per heavy atom. The maximum atomic E-state index is 12.9. The van der Waals surface area contributed by atoms with Gasteiger partial charge in [0.1, 0.15) is 12.4 Å². The van der Waals surface area contributed by atoms with E-state index in [9.17, 15) is 23.6 Å². The van der Waals surface area contributed by atoms with Crippen molar-refractivity contribution in [2.75, 3.05) is 11.9 Å². The molecule has 2 aliphatic carbocycles. The first-order chi connectivity index (χ1) is 13.3. The molecule has 0 unspecified atom stereocenters. The van der Waals surface area contributed by atoms with Gasteiger partial charge in [-0.1, -0.05) is 6.42 Å². The molecule has 4 rings (SSSR count). The molecule has 1 aromatic carbocycles. The summed E-state index contributed by atoms with van der Waals surface area (Å²) in [6, 6.07) is 4.02. The van der Waals surface area contributed by atoms with Gasteiger partial charge in [-0.3, -0.25) is 19.3 Å². The van der Waals surface area contributed by atoms with Crippen LogP contribution in [0.2, 0.25) is 0 Å². The van der Waals surface area contributed by atoms with Crippen molar-refractivity contribution in [3.05, 3.63) is 30.1 Å². The highest BCUT2D eigenvalue weighted by Gasteiger charge is 2.52. The fourth-order valence-corrected chi connectivity index (χ4v) is 4.97. The lowest BCUT2D eigenvalue weighted by Gasteiger charge is -2.32. The van der Waals surface area contributed by atoms with Crippen LogP contribution in [-0.4, -0.2) is 46.1 Å². The Bertz CT molecular complexity index is 840. The molecule has 28 heavy (non-hydrogen) atoms. The number of rotatable bonds is 5. The SMILES string of the molecule is C[C@@H]([C@@H]1C[C@@H]2CC[C@@H]1C2)N1C(=O)C(=O)N(CC(=O)Nc2ccc(F)cc2)C1=O. The number of halogens is 1. The Morgan fingerprint density at radius 2 is 1.86 bits per heavy atom. The molecule has 7 nitrogen and oxygen atoms in total. The Hall–Kier alpha value is -2.77. The summed E-state index contributed by atoms with van der Waals surface area (Å²) in [5.41, 5.74) is 0.337. The maximum absolute atomic E-state index is 12.9. The molecule has 2 bridgehead atoms. The Kier molecular flexibility index (Phi) is 4.64. The predicted octanol–water partition coefficient (Wildman–Crippen LogP) is 2.38. The average Bonchev–Trinajstić information content (AvgIpc) is 3.35. The molecule has 1 heterocycles. The van der Waals surface area contributed by atoms with Gasteiger partial charge in [-0.15, -0.1) is 0 Å². The zero-order valence-electron chi connectivity index (χ0n) is 15.6. The van der Waals surface area contributed by atoms with Crippen LogP contribution >= 0.6 is 0 Å². The van der Waals surface area contributed by atoms with E-state index in [1.807, 2.05) is 6.92 Å². The first kappa shape index (κ1) is 18.6. The van der Waals surface area contributed by atoms with Gasteiger partial charge in [0, 0.05) is 11.7 Å². The monoisotopic (exact) mass is 387 g/mol. The van der Waals surface area contributed by atoms with Crippen LogP contribution in [0.4, 0.5) is 14.9 Å². The van der Waals surface area contributed by atoms with Crippen molar-refractivity contribution in [2.45, 2.75) is 38.6 Å². The fourth-order valence-electron chi connectivity index (χ4n) is 4.97. The van der Waals surface area contributed by atoms with E-state index in [1.54, 1.807) is 0 Å². The van der Waals surface area contributed by atoms with E-state index >= 15 is 0 Å². The third-order valence-corrected chi connectivity index (χ3v) is 6.33. The van der Waals surface area contributed by atoms with E-state index in [2.05, 4.69) is 5.32 Å². The molecule has 0 spiro atoms. The molecule has 0 aromatic heterocycles. The van der Waals surface area contributed by atoms with E-state index in [-0.39, 0.29) is 12.0 Å². The van der Waals surface area contributed by atoms with Gasteiger partial charge in [0.15, 0.2) is 0 Å². The smallest absolute Gasteiger partial charge is 0.325 e. The van der Waals surface area contributed by atoms with Crippen LogP contribution in [0.5, 0.6) is 0 Å². The number of amides is 5. The number of hydrogen-bond donors (Lipinski definition) is 1. The fraction of sp³-hybridized carbons (Fsp3) is 0.500. The first-order valence-corrected chi connectivity index (χ1v) is 9.59. The molecule has 1 N–H and O–H groups in total. The van der Waals surface area contributed by atoms with Crippen LogP contribution in [0.3, 0.4) is 0 Å². The second-order valence-electron chi connectivity index (χ2n) is 7.98. The van der Waals surface area contributed by atoms with Crippen LogP contribution in [-0.2, 0) is 14.4 Å². The number of imide groups is 2. The topological polar surface area (TPSA) is 86.8 Å². The Balaban J connectivity index is 1.43. The minimum atomic E-state index is -0.978. The second-order valence-corrected chi connectivity index (χ2v) is 7.98. The molecule has 1 saturated heterocycles. The van der Waals surface area contributed by atoms with Gasteiger partial charge < -0.3 is 5.32 Å². The number of nitrogens with zero attached hydrogens (tertiary/aromatic N) is 2. The number of hydrogen-bond acceptors (Lipinski definition) is 4. The summed E-state index contributed by atoms with van der Waals surface area (Å²) in [5.74, 6) is -1.56. The number of carbonyl (C=O) groups excluding carboxylic acids is 4. The number of anilines is 1. The van der Waals surface area contributed by atoms with Crippen molar-refractivity contribution in [3.8, 4) is 0 Å². The zero-order chi connectivity index (χ0) is 20.0. The van der Waals surface area contributed by atoms with Crippen molar-refractivity contribution in [1.82, 2.24) is 9.80 Å². The van der Waals surface area contributed by atoms with Crippen molar-refractivity contribution in [3.63, 3.8) is 0 Å². The largest absolute Gasteiger partial charge is 0.334 e. The molecule has 2 saturated carbocycles. The van der Waals surface area contributed by atoms with Crippen LogP contribution in [0, 0.1) is 23.6 Å². The quantitative estimate of drug-likeness (QED) is 0.621. The van der Waals surface area contributed by atoms with Crippen molar-refractivity contribution in [1.29, 1.82) is 0 Å². The zero-order valence-corrected chi connectivity index (χ0v) is 15.6. The van der Waals surface area contributed by atoms with E-state index in [4.69, 9.17) is 0 Å². The minimum absolute atomic E-state index is 0.215. The summed E-state index contributed by atoms with van der Waals surface area (Å²) in [4.78, 5) is 51.4. The summed E-state index contributed by atoms with van der Waals surface area (Å²) >= 11 is 0. The lowest BCUT2D eigenvalue weighted by atomic mass is 9.83. The van der Waals surface area contributed by atoms with Gasteiger partial charge in [-0.05, 0) is 68.2 Å².